The van der Waals surface area contributed by atoms with Gasteiger partial charge in [0.2, 0.25) is 5.91 Å². The lowest BCUT2D eigenvalue weighted by atomic mass is 10.1. The Morgan fingerprint density at radius 2 is 1.78 bits per heavy atom. The minimum atomic E-state index is -0.284. The first kappa shape index (κ1) is 17.7. The predicted molar refractivity (Wildman–Crippen MR) is 85.9 cm³/mol. The largest absolute Gasteiger partial charge is 0.345 e. The van der Waals surface area contributed by atoms with Crippen LogP contribution in [0.5, 0.6) is 0 Å². The van der Waals surface area contributed by atoms with Crippen LogP contribution in [0, 0.1) is 40.9 Å². The third kappa shape index (κ3) is 5.17. The molecule has 1 amide bonds. The van der Waals surface area contributed by atoms with Crippen LogP contribution in [0.15, 0.2) is 29.5 Å². The Kier molecular flexibility index (Phi) is 6.30. The Morgan fingerprint density at radius 3 is 2.26 bits per heavy atom. The summed E-state index contributed by atoms with van der Waals surface area (Å²) in [7, 11) is 3.61. The molecule has 1 aromatic carbocycles. The maximum absolute atomic E-state index is 11.8. The number of carbonyl (C=O) groups is 1. The number of nitriles is 3. The van der Waals surface area contributed by atoms with Crippen LogP contribution < -0.4 is 10.6 Å². The molecule has 0 saturated carbocycles. The van der Waals surface area contributed by atoms with Crippen molar-refractivity contribution < 1.29 is 4.79 Å². The van der Waals surface area contributed by atoms with E-state index in [4.69, 9.17) is 15.8 Å². The van der Waals surface area contributed by atoms with Crippen LogP contribution in [0.25, 0.3) is 0 Å². The Hall–Kier alpha value is -3.34. The van der Waals surface area contributed by atoms with Crippen molar-refractivity contribution in [3.05, 3.63) is 35.0 Å². The van der Waals surface area contributed by atoms with Crippen molar-refractivity contribution in [2.75, 3.05) is 31.3 Å². The van der Waals surface area contributed by atoms with Gasteiger partial charge in [-0.15, -0.1) is 0 Å². The van der Waals surface area contributed by atoms with Crippen molar-refractivity contribution in [2.24, 2.45) is 0 Å². The molecule has 0 atom stereocenters. The lowest BCUT2D eigenvalue weighted by molar-refractivity contribution is -0.116. The number of carbonyl (C=O) groups excluding carboxylic acids is 1. The van der Waals surface area contributed by atoms with Gasteiger partial charge >= 0.3 is 0 Å². The molecular formula is C16H16N6O. The molecule has 0 aromatic heterocycles. The highest BCUT2D eigenvalue weighted by atomic mass is 16.2. The fourth-order valence-electron chi connectivity index (χ4n) is 1.79. The van der Waals surface area contributed by atoms with E-state index < -0.39 is 0 Å². The van der Waals surface area contributed by atoms with E-state index in [2.05, 4.69) is 10.6 Å². The highest BCUT2D eigenvalue weighted by Gasteiger charge is 2.09. The maximum Gasteiger partial charge on any atom is 0.238 e. The highest BCUT2D eigenvalue weighted by molar-refractivity contribution is 5.93. The number of hydrogen-bond donors (Lipinski definition) is 2. The summed E-state index contributed by atoms with van der Waals surface area (Å²) < 4.78 is 0. The van der Waals surface area contributed by atoms with Gasteiger partial charge in [0, 0.05) is 11.4 Å². The van der Waals surface area contributed by atoms with E-state index in [1.54, 1.807) is 55.4 Å². The van der Waals surface area contributed by atoms with Crippen molar-refractivity contribution in [1.82, 2.24) is 4.90 Å². The number of anilines is 2. The third-order valence-corrected chi connectivity index (χ3v) is 2.82. The molecule has 0 radical (unpaired) electrons. The van der Waals surface area contributed by atoms with Crippen LogP contribution in [-0.2, 0) is 4.79 Å². The Bertz CT molecular complexity index is 742. The first-order valence-corrected chi connectivity index (χ1v) is 6.68. The van der Waals surface area contributed by atoms with Crippen molar-refractivity contribution in [2.45, 2.75) is 6.92 Å². The monoisotopic (exact) mass is 308 g/mol. The molecule has 0 fully saturated rings. The number of nitrogens with zero attached hydrogens (tertiary/aromatic N) is 4. The fraction of sp³-hybridized carbons (Fsp3) is 0.250. The van der Waals surface area contributed by atoms with E-state index >= 15 is 0 Å². The van der Waals surface area contributed by atoms with E-state index in [9.17, 15) is 4.79 Å². The molecule has 0 aliphatic heterocycles. The van der Waals surface area contributed by atoms with Crippen LogP contribution in [-0.4, -0.2) is 31.4 Å². The average Bonchev–Trinajstić information content (AvgIpc) is 2.49. The number of hydrogen-bond acceptors (Lipinski definition) is 6. The van der Waals surface area contributed by atoms with Gasteiger partial charge in [-0.3, -0.25) is 4.79 Å². The molecule has 116 valence electrons. The van der Waals surface area contributed by atoms with Gasteiger partial charge in [0.1, 0.15) is 23.9 Å². The number of aryl methyl sites for hydroxylation is 1. The third-order valence-electron chi connectivity index (χ3n) is 2.82. The van der Waals surface area contributed by atoms with Crippen LogP contribution in [0.1, 0.15) is 5.56 Å². The summed E-state index contributed by atoms with van der Waals surface area (Å²) in [4.78, 5) is 13.5. The first-order valence-electron chi connectivity index (χ1n) is 6.68. The summed E-state index contributed by atoms with van der Waals surface area (Å²) in [5.74, 6) is -0.132. The van der Waals surface area contributed by atoms with Crippen molar-refractivity contribution in [3.63, 3.8) is 0 Å². The summed E-state index contributed by atoms with van der Waals surface area (Å²) in [6.45, 7) is 2.08. The van der Waals surface area contributed by atoms with Crippen LogP contribution in [0.4, 0.5) is 11.4 Å². The molecule has 7 nitrogen and oxygen atoms in total. The zero-order chi connectivity index (χ0) is 17.4. The van der Waals surface area contributed by atoms with Gasteiger partial charge in [0.05, 0.1) is 6.54 Å². The van der Waals surface area contributed by atoms with E-state index in [-0.39, 0.29) is 23.7 Å². The molecule has 0 bridgehead atoms. The summed E-state index contributed by atoms with van der Waals surface area (Å²) in [6.07, 6.45) is 0. The zero-order valence-corrected chi connectivity index (χ0v) is 13.1. The van der Waals surface area contributed by atoms with E-state index in [0.29, 0.717) is 11.4 Å². The van der Waals surface area contributed by atoms with Crippen molar-refractivity contribution in [3.8, 4) is 18.2 Å². The van der Waals surface area contributed by atoms with Crippen LogP contribution in [0.3, 0.4) is 0 Å². The number of amides is 1. The molecule has 0 heterocycles. The molecule has 0 aliphatic carbocycles. The van der Waals surface area contributed by atoms with E-state index in [1.807, 2.05) is 6.92 Å². The van der Waals surface area contributed by atoms with Gasteiger partial charge < -0.3 is 15.5 Å². The van der Waals surface area contributed by atoms with Crippen molar-refractivity contribution in [1.29, 1.82) is 15.8 Å². The minimum Gasteiger partial charge on any atom is -0.345 e. The van der Waals surface area contributed by atoms with Crippen LogP contribution in [0.2, 0.25) is 0 Å². The van der Waals surface area contributed by atoms with Gasteiger partial charge in [-0.05, 0) is 44.8 Å². The standard InChI is InChI=1S/C16H16N6O/c1-11-6-13(20-15(9-19)12(7-17)8-18)4-5-14(11)21-16(23)10-22(2)3/h4-6,20H,10H2,1-3H3,(H,21,23). The molecule has 23 heavy (non-hydrogen) atoms. The SMILES string of the molecule is Cc1cc(NC(C#N)=C(C#N)C#N)ccc1NC(=O)CN(C)C. The minimum absolute atomic E-state index is 0.112. The molecule has 0 aliphatic rings. The van der Waals surface area contributed by atoms with Gasteiger partial charge in [-0.2, -0.15) is 15.8 Å². The van der Waals surface area contributed by atoms with Gasteiger partial charge in [0.25, 0.3) is 0 Å². The number of likely N-dealkylation sites (N-methyl/N-ethyl adjacent to an activating group) is 1. The quantitative estimate of drug-likeness (QED) is 0.800. The normalized spacial score (nSPS) is 9.26. The number of nitrogens with one attached hydrogen (secondary N) is 2. The zero-order valence-electron chi connectivity index (χ0n) is 13.1. The number of allylic oxidation sites excluding steroid dienone is 2. The topological polar surface area (TPSA) is 116 Å². The number of benzene rings is 1. The molecule has 0 saturated heterocycles. The van der Waals surface area contributed by atoms with Crippen molar-refractivity contribution >= 4 is 17.3 Å². The first-order chi connectivity index (χ1) is 10.9. The molecular weight excluding hydrogens is 292 g/mol. The summed E-state index contributed by atoms with van der Waals surface area (Å²) in [6, 6.07) is 10.2. The fourth-order valence-corrected chi connectivity index (χ4v) is 1.79. The second-order valence-electron chi connectivity index (χ2n) is 5.03. The Labute approximate surface area is 135 Å². The van der Waals surface area contributed by atoms with Gasteiger partial charge in [0.15, 0.2) is 5.57 Å². The lowest BCUT2D eigenvalue weighted by Gasteiger charge is -2.13. The second-order valence-corrected chi connectivity index (χ2v) is 5.03. The molecule has 0 unspecified atom stereocenters. The Balaban J connectivity index is 2.96. The Morgan fingerprint density at radius 1 is 1.13 bits per heavy atom. The molecule has 2 N–H and O–H groups in total. The summed E-state index contributed by atoms with van der Waals surface area (Å²) in [5, 5.41) is 32.1. The molecule has 1 rings (SSSR count). The van der Waals surface area contributed by atoms with E-state index in [1.165, 1.54) is 0 Å². The molecule has 0 spiro atoms. The second kappa shape index (κ2) is 8.19. The predicted octanol–water partition coefficient (Wildman–Crippen LogP) is 1.73. The average molecular weight is 308 g/mol. The molecule has 7 heteroatoms. The summed E-state index contributed by atoms with van der Waals surface area (Å²) >= 11 is 0. The number of rotatable bonds is 5. The highest BCUT2D eigenvalue weighted by Crippen LogP contribution is 2.21. The van der Waals surface area contributed by atoms with E-state index in [0.717, 1.165) is 5.56 Å². The van der Waals surface area contributed by atoms with Gasteiger partial charge in [-0.25, -0.2) is 0 Å². The summed E-state index contributed by atoms with van der Waals surface area (Å²) in [5.41, 5.74) is 1.60. The smallest absolute Gasteiger partial charge is 0.238 e. The van der Waals surface area contributed by atoms with Crippen LogP contribution >= 0.6 is 0 Å². The molecule has 1 aromatic rings. The van der Waals surface area contributed by atoms with Gasteiger partial charge in [-0.1, -0.05) is 0 Å². The maximum atomic E-state index is 11.8. The lowest BCUT2D eigenvalue weighted by Crippen LogP contribution is -2.27.